The second kappa shape index (κ2) is 5.92. The van der Waals surface area contributed by atoms with Crippen molar-refractivity contribution >= 4 is 21.6 Å². The van der Waals surface area contributed by atoms with Crippen LogP contribution in [0.1, 0.15) is 20.3 Å². The average molecular weight is 297 g/mol. The van der Waals surface area contributed by atoms with E-state index in [9.17, 15) is 0 Å². The summed E-state index contributed by atoms with van der Waals surface area (Å²) in [7, 11) is 1.65. The van der Waals surface area contributed by atoms with E-state index in [2.05, 4.69) is 27.3 Å². The van der Waals surface area contributed by atoms with Gasteiger partial charge in [0, 0.05) is 11.0 Å². The van der Waals surface area contributed by atoms with Crippen LogP contribution in [0, 0.1) is 16.7 Å². The van der Waals surface area contributed by atoms with E-state index >= 15 is 0 Å². The van der Waals surface area contributed by atoms with Gasteiger partial charge in [-0.05, 0) is 38.5 Å². The number of ether oxygens (including phenoxy) is 1. The van der Waals surface area contributed by atoms with Crippen molar-refractivity contribution in [3.63, 3.8) is 0 Å². The van der Waals surface area contributed by atoms with Crippen LogP contribution in [0.4, 0.5) is 5.69 Å². The third-order valence-electron chi connectivity index (χ3n) is 2.53. The van der Waals surface area contributed by atoms with Gasteiger partial charge in [0.2, 0.25) is 0 Å². The molecule has 0 radical (unpaired) electrons. The minimum atomic E-state index is -0.299. The molecule has 0 aliphatic rings. The summed E-state index contributed by atoms with van der Waals surface area (Å²) in [5.74, 6) is 0.808. The van der Waals surface area contributed by atoms with Crippen molar-refractivity contribution in [3.8, 4) is 11.8 Å². The largest absolute Gasteiger partial charge is 0.495 e. The number of nitrogens with zero attached hydrogens (tertiary/aromatic N) is 1. The highest BCUT2D eigenvalue weighted by Gasteiger charge is 2.16. The molecule has 0 atom stereocenters. The third-order valence-corrected chi connectivity index (χ3v) is 3.02. The summed E-state index contributed by atoms with van der Waals surface area (Å²) in [5.41, 5.74) is 0.641. The Morgan fingerprint density at radius 1 is 1.47 bits per heavy atom. The number of nitriles is 1. The minimum Gasteiger partial charge on any atom is -0.495 e. The maximum Gasteiger partial charge on any atom is 0.142 e. The molecule has 0 bridgehead atoms. The topological polar surface area (TPSA) is 45.0 Å². The van der Waals surface area contributed by atoms with Crippen molar-refractivity contribution in [2.45, 2.75) is 20.3 Å². The fraction of sp³-hybridized carbons (Fsp3) is 0.462. The number of hydrogen-bond acceptors (Lipinski definition) is 3. The van der Waals surface area contributed by atoms with Crippen LogP contribution in [-0.4, -0.2) is 13.7 Å². The standard InChI is InChI=1S/C13H17BrN2O/c1-13(2,9-15)6-7-16-11-8-10(14)4-5-12(11)17-3/h4-5,8,16H,6-7H2,1-3H3. The smallest absolute Gasteiger partial charge is 0.142 e. The zero-order chi connectivity index (χ0) is 12.9. The fourth-order valence-electron chi connectivity index (χ4n) is 1.38. The number of methoxy groups -OCH3 is 1. The first-order chi connectivity index (χ1) is 7.98. The Balaban J connectivity index is 2.63. The van der Waals surface area contributed by atoms with E-state index in [1.54, 1.807) is 7.11 Å². The SMILES string of the molecule is COc1ccc(Br)cc1NCCC(C)(C)C#N. The summed E-state index contributed by atoms with van der Waals surface area (Å²) >= 11 is 3.42. The van der Waals surface area contributed by atoms with Crippen molar-refractivity contribution in [3.05, 3.63) is 22.7 Å². The van der Waals surface area contributed by atoms with E-state index in [1.165, 1.54) is 0 Å². The van der Waals surface area contributed by atoms with Crippen molar-refractivity contribution in [1.29, 1.82) is 5.26 Å². The van der Waals surface area contributed by atoms with Gasteiger partial charge in [-0.25, -0.2) is 0 Å². The first-order valence-electron chi connectivity index (χ1n) is 5.47. The Labute approximate surface area is 111 Å². The predicted molar refractivity (Wildman–Crippen MR) is 73.2 cm³/mol. The van der Waals surface area contributed by atoms with Crippen molar-refractivity contribution in [2.24, 2.45) is 5.41 Å². The lowest BCUT2D eigenvalue weighted by molar-refractivity contribution is 0.415. The lowest BCUT2D eigenvalue weighted by Crippen LogP contribution is -2.14. The molecule has 4 heteroatoms. The second-order valence-corrected chi connectivity index (χ2v) is 5.43. The highest BCUT2D eigenvalue weighted by atomic mass is 79.9. The molecule has 1 N–H and O–H groups in total. The summed E-state index contributed by atoms with van der Waals surface area (Å²) in [6, 6.07) is 8.10. The average Bonchev–Trinajstić information content (AvgIpc) is 2.29. The number of hydrogen-bond donors (Lipinski definition) is 1. The molecule has 0 aromatic heterocycles. The first-order valence-corrected chi connectivity index (χ1v) is 6.26. The number of halogens is 1. The molecule has 17 heavy (non-hydrogen) atoms. The monoisotopic (exact) mass is 296 g/mol. The summed E-state index contributed by atoms with van der Waals surface area (Å²) in [5, 5.41) is 12.2. The van der Waals surface area contributed by atoms with Gasteiger partial charge in [0.25, 0.3) is 0 Å². The Hall–Kier alpha value is -1.21. The molecule has 0 saturated carbocycles. The van der Waals surface area contributed by atoms with E-state index in [0.717, 1.165) is 28.9 Å². The third kappa shape index (κ3) is 4.27. The summed E-state index contributed by atoms with van der Waals surface area (Å²) in [4.78, 5) is 0. The van der Waals surface area contributed by atoms with Gasteiger partial charge in [-0.1, -0.05) is 15.9 Å². The van der Waals surface area contributed by atoms with Crippen LogP contribution in [0.2, 0.25) is 0 Å². The Bertz CT molecular complexity index is 424. The molecule has 0 aliphatic heterocycles. The molecule has 1 aromatic rings. The predicted octanol–water partition coefficient (Wildman–Crippen LogP) is 3.81. The molecule has 0 spiro atoms. The highest BCUT2D eigenvalue weighted by Crippen LogP contribution is 2.28. The molecule has 92 valence electrons. The highest BCUT2D eigenvalue weighted by molar-refractivity contribution is 9.10. The summed E-state index contributed by atoms with van der Waals surface area (Å²) in [6.45, 7) is 4.62. The molecular weight excluding hydrogens is 280 g/mol. The van der Waals surface area contributed by atoms with Crippen LogP contribution in [0.15, 0.2) is 22.7 Å². The number of nitrogens with one attached hydrogen (secondary N) is 1. The Kier molecular flexibility index (Phi) is 4.83. The maximum absolute atomic E-state index is 8.93. The van der Waals surface area contributed by atoms with Gasteiger partial charge in [0.1, 0.15) is 5.75 Å². The second-order valence-electron chi connectivity index (χ2n) is 4.52. The molecular formula is C13H17BrN2O. The number of benzene rings is 1. The van der Waals surface area contributed by atoms with E-state index in [4.69, 9.17) is 10.00 Å². The van der Waals surface area contributed by atoms with Crippen molar-refractivity contribution in [1.82, 2.24) is 0 Å². The Morgan fingerprint density at radius 3 is 2.76 bits per heavy atom. The molecule has 0 heterocycles. The van der Waals surface area contributed by atoms with Crippen LogP contribution in [0.3, 0.4) is 0 Å². The van der Waals surface area contributed by atoms with Crippen LogP contribution >= 0.6 is 15.9 Å². The zero-order valence-corrected chi connectivity index (χ0v) is 12.0. The minimum absolute atomic E-state index is 0.299. The van der Waals surface area contributed by atoms with E-state index in [0.29, 0.717) is 0 Å². The van der Waals surface area contributed by atoms with E-state index in [1.807, 2.05) is 32.0 Å². The molecule has 0 aliphatic carbocycles. The van der Waals surface area contributed by atoms with Gasteiger partial charge in [0.15, 0.2) is 0 Å². The van der Waals surface area contributed by atoms with Gasteiger partial charge in [0.05, 0.1) is 24.3 Å². The molecule has 1 rings (SSSR count). The molecule has 0 unspecified atom stereocenters. The molecule has 0 amide bonds. The lowest BCUT2D eigenvalue weighted by atomic mass is 9.91. The van der Waals surface area contributed by atoms with E-state index in [-0.39, 0.29) is 5.41 Å². The van der Waals surface area contributed by atoms with Gasteiger partial charge >= 0.3 is 0 Å². The summed E-state index contributed by atoms with van der Waals surface area (Å²) < 4.78 is 6.26. The molecule has 1 aromatic carbocycles. The first kappa shape index (κ1) is 13.9. The molecule has 3 nitrogen and oxygen atoms in total. The maximum atomic E-state index is 8.93. The Morgan fingerprint density at radius 2 is 2.18 bits per heavy atom. The zero-order valence-electron chi connectivity index (χ0n) is 10.4. The van der Waals surface area contributed by atoms with Gasteiger partial charge < -0.3 is 10.1 Å². The van der Waals surface area contributed by atoms with Crippen molar-refractivity contribution < 1.29 is 4.74 Å². The van der Waals surface area contributed by atoms with Crippen LogP contribution in [-0.2, 0) is 0 Å². The lowest BCUT2D eigenvalue weighted by Gasteiger charge is -2.17. The van der Waals surface area contributed by atoms with Gasteiger partial charge in [-0.2, -0.15) is 5.26 Å². The molecule has 0 fully saturated rings. The fourth-order valence-corrected chi connectivity index (χ4v) is 1.75. The van der Waals surface area contributed by atoms with Gasteiger partial charge in [-0.3, -0.25) is 0 Å². The van der Waals surface area contributed by atoms with Crippen LogP contribution < -0.4 is 10.1 Å². The van der Waals surface area contributed by atoms with Crippen LogP contribution in [0.25, 0.3) is 0 Å². The number of anilines is 1. The quantitative estimate of drug-likeness (QED) is 0.899. The van der Waals surface area contributed by atoms with Crippen molar-refractivity contribution in [2.75, 3.05) is 19.0 Å². The van der Waals surface area contributed by atoms with E-state index < -0.39 is 0 Å². The van der Waals surface area contributed by atoms with Crippen LogP contribution in [0.5, 0.6) is 5.75 Å². The number of rotatable bonds is 5. The summed E-state index contributed by atoms with van der Waals surface area (Å²) in [6.07, 6.45) is 0.791. The normalized spacial score (nSPS) is 10.8. The van der Waals surface area contributed by atoms with Gasteiger partial charge in [-0.15, -0.1) is 0 Å². The molecule has 0 saturated heterocycles.